The second-order valence-electron chi connectivity index (χ2n) is 6.19. The number of halogens is 2. The van der Waals surface area contributed by atoms with Gasteiger partial charge >= 0.3 is 0 Å². The van der Waals surface area contributed by atoms with Gasteiger partial charge in [0.15, 0.2) is 0 Å². The van der Waals surface area contributed by atoms with Gasteiger partial charge < -0.3 is 10.6 Å². The molecule has 122 valence electrons. The van der Waals surface area contributed by atoms with Crippen LogP contribution in [0.4, 0.5) is 4.39 Å². The molecule has 1 fully saturated rings. The third-order valence-corrected chi connectivity index (χ3v) is 4.84. The molecule has 0 radical (unpaired) electrons. The fraction of sp³-hybridized carbons (Fsp3) is 0.588. The van der Waals surface area contributed by atoms with Crippen molar-refractivity contribution in [1.29, 1.82) is 0 Å². The van der Waals surface area contributed by atoms with Crippen molar-refractivity contribution in [1.82, 2.24) is 10.6 Å². The van der Waals surface area contributed by atoms with Gasteiger partial charge in [0.05, 0.1) is 6.04 Å². The van der Waals surface area contributed by atoms with Gasteiger partial charge in [-0.15, -0.1) is 0 Å². The maximum absolute atomic E-state index is 13.9. The predicted octanol–water partition coefficient (Wildman–Crippen LogP) is 3.68. The third kappa shape index (κ3) is 4.43. The van der Waals surface area contributed by atoms with Gasteiger partial charge in [0.1, 0.15) is 5.82 Å². The van der Waals surface area contributed by atoms with Gasteiger partial charge in [-0.05, 0) is 56.8 Å². The second kappa shape index (κ2) is 7.93. The maximum atomic E-state index is 13.9. The van der Waals surface area contributed by atoms with E-state index in [2.05, 4.69) is 17.6 Å². The molecular weight excluding hydrogens is 303 g/mol. The molecule has 0 spiro atoms. The summed E-state index contributed by atoms with van der Waals surface area (Å²) in [5.74, 6) is 0.495. The SMILES string of the molecule is CC(NC(=O)CC(C)C1CCNCC1)c1c(F)cccc1Cl. The molecule has 1 aliphatic rings. The van der Waals surface area contributed by atoms with Crippen molar-refractivity contribution >= 4 is 17.5 Å². The zero-order chi connectivity index (χ0) is 16.1. The Morgan fingerprint density at radius 2 is 2.09 bits per heavy atom. The number of amides is 1. The number of hydrogen-bond donors (Lipinski definition) is 2. The molecule has 2 atom stereocenters. The fourth-order valence-electron chi connectivity index (χ4n) is 3.17. The van der Waals surface area contributed by atoms with Crippen LogP contribution in [0.1, 0.15) is 44.7 Å². The van der Waals surface area contributed by atoms with E-state index >= 15 is 0 Å². The summed E-state index contributed by atoms with van der Waals surface area (Å²) in [6, 6.07) is 4.14. The Morgan fingerprint density at radius 1 is 1.41 bits per heavy atom. The highest BCUT2D eigenvalue weighted by atomic mass is 35.5. The molecule has 0 saturated carbocycles. The summed E-state index contributed by atoms with van der Waals surface area (Å²) in [4.78, 5) is 12.2. The molecule has 1 aliphatic heterocycles. The molecule has 0 aliphatic carbocycles. The smallest absolute Gasteiger partial charge is 0.220 e. The maximum Gasteiger partial charge on any atom is 0.220 e. The first-order valence-electron chi connectivity index (χ1n) is 7.93. The molecule has 3 nitrogen and oxygen atoms in total. The van der Waals surface area contributed by atoms with Crippen molar-refractivity contribution in [3.05, 3.63) is 34.6 Å². The van der Waals surface area contributed by atoms with E-state index in [4.69, 9.17) is 11.6 Å². The van der Waals surface area contributed by atoms with E-state index in [9.17, 15) is 9.18 Å². The number of carbonyl (C=O) groups is 1. The van der Waals surface area contributed by atoms with Gasteiger partial charge in [-0.1, -0.05) is 24.6 Å². The van der Waals surface area contributed by atoms with Crippen molar-refractivity contribution in [3.8, 4) is 0 Å². The normalized spacial score (nSPS) is 18.7. The Morgan fingerprint density at radius 3 is 2.73 bits per heavy atom. The molecule has 1 aromatic rings. The van der Waals surface area contributed by atoms with Crippen LogP contribution in [0, 0.1) is 17.7 Å². The third-order valence-electron chi connectivity index (χ3n) is 4.51. The Hall–Kier alpha value is -1.13. The molecule has 0 bridgehead atoms. The molecule has 2 N–H and O–H groups in total. The number of hydrogen-bond acceptors (Lipinski definition) is 2. The Bertz CT molecular complexity index is 497. The topological polar surface area (TPSA) is 41.1 Å². The molecule has 1 saturated heterocycles. The van der Waals surface area contributed by atoms with E-state index in [1.807, 2.05) is 0 Å². The predicted molar refractivity (Wildman–Crippen MR) is 87.3 cm³/mol. The van der Waals surface area contributed by atoms with E-state index in [0.717, 1.165) is 25.9 Å². The van der Waals surface area contributed by atoms with Crippen molar-refractivity contribution < 1.29 is 9.18 Å². The first-order valence-corrected chi connectivity index (χ1v) is 8.30. The van der Waals surface area contributed by atoms with Crippen molar-refractivity contribution in [2.45, 2.75) is 39.2 Å². The number of rotatable bonds is 5. The summed E-state index contributed by atoms with van der Waals surface area (Å²) >= 11 is 6.04. The molecular formula is C17H24ClFN2O. The lowest BCUT2D eigenvalue weighted by molar-refractivity contribution is -0.123. The van der Waals surface area contributed by atoms with E-state index in [0.29, 0.717) is 28.8 Å². The van der Waals surface area contributed by atoms with Crippen LogP contribution in [0.25, 0.3) is 0 Å². The lowest BCUT2D eigenvalue weighted by Crippen LogP contribution is -2.34. The van der Waals surface area contributed by atoms with Gasteiger partial charge in [0, 0.05) is 17.0 Å². The molecule has 22 heavy (non-hydrogen) atoms. The van der Waals surface area contributed by atoms with E-state index < -0.39 is 6.04 Å². The summed E-state index contributed by atoms with van der Waals surface area (Å²) in [5, 5.41) is 6.55. The monoisotopic (exact) mass is 326 g/mol. The molecule has 1 amide bonds. The Labute approximate surface area is 136 Å². The van der Waals surface area contributed by atoms with Gasteiger partial charge in [-0.2, -0.15) is 0 Å². The van der Waals surface area contributed by atoms with Gasteiger partial charge in [0.25, 0.3) is 0 Å². The minimum absolute atomic E-state index is 0.0437. The van der Waals surface area contributed by atoms with Crippen molar-refractivity contribution in [2.24, 2.45) is 11.8 Å². The highest BCUT2D eigenvalue weighted by Gasteiger charge is 2.23. The molecule has 2 rings (SSSR count). The first kappa shape index (κ1) is 17.2. The Kier molecular flexibility index (Phi) is 6.21. The summed E-state index contributed by atoms with van der Waals surface area (Å²) in [6.07, 6.45) is 2.70. The van der Waals surface area contributed by atoms with E-state index in [1.165, 1.54) is 6.07 Å². The minimum Gasteiger partial charge on any atom is -0.349 e. The van der Waals surface area contributed by atoms with Crippen LogP contribution in [0.3, 0.4) is 0 Å². The second-order valence-corrected chi connectivity index (χ2v) is 6.60. The summed E-state index contributed by atoms with van der Waals surface area (Å²) in [7, 11) is 0. The van der Waals surface area contributed by atoms with Crippen LogP contribution in [0.2, 0.25) is 5.02 Å². The highest BCUT2D eigenvalue weighted by molar-refractivity contribution is 6.31. The number of carbonyl (C=O) groups excluding carboxylic acids is 1. The zero-order valence-corrected chi connectivity index (χ0v) is 13.9. The highest BCUT2D eigenvalue weighted by Crippen LogP contribution is 2.27. The average Bonchev–Trinajstić information content (AvgIpc) is 2.47. The molecule has 1 aromatic carbocycles. The minimum atomic E-state index is -0.429. The number of nitrogens with one attached hydrogen (secondary N) is 2. The first-order chi connectivity index (χ1) is 10.5. The standard InChI is InChI=1S/C17H24ClFN2O/c1-11(13-6-8-20-9-7-13)10-16(22)21-12(2)17-14(18)4-3-5-15(17)19/h3-5,11-13,20H,6-10H2,1-2H3,(H,21,22). The van der Waals surface area contributed by atoms with Gasteiger partial charge in [0.2, 0.25) is 5.91 Å². The molecule has 2 unspecified atom stereocenters. The van der Waals surface area contributed by atoms with Crippen LogP contribution < -0.4 is 10.6 Å². The van der Waals surface area contributed by atoms with Crippen LogP contribution in [-0.2, 0) is 4.79 Å². The summed E-state index contributed by atoms with van der Waals surface area (Å²) in [6.45, 7) is 5.93. The number of benzene rings is 1. The summed E-state index contributed by atoms with van der Waals surface area (Å²) in [5.41, 5.74) is 0.354. The van der Waals surface area contributed by atoms with Gasteiger partial charge in [-0.25, -0.2) is 4.39 Å². The largest absolute Gasteiger partial charge is 0.349 e. The van der Waals surface area contributed by atoms with Crippen LogP contribution in [0.5, 0.6) is 0 Å². The molecule has 1 heterocycles. The Balaban J connectivity index is 1.91. The quantitative estimate of drug-likeness (QED) is 0.866. The lowest BCUT2D eigenvalue weighted by Gasteiger charge is -2.28. The fourth-order valence-corrected chi connectivity index (χ4v) is 3.50. The van der Waals surface area contributed by atoms with Crippen molar-refractivity contribution in [2.75, 3.05) is 13.1 Å². The van der Waals surface area contributed by atoms with E-state index in [1.54, 1.807) is 19.1 Å². The van der Waals surface area contributed by atoms with Crippen LogP contribution in [-0.4, -0.2) is 19.0 Å². The lowest BCUT2D eigenvalue weighted by atomic mass is 9.84. The average molecular weight is 327 g/mol. The van der Waals surface area contributed by atoms with Crippen molar-refractivity contribution in [3.63, 3.8) is 0 Å². The molecule has 0 aromatic heterocycles. The van der Waals surface area contributed by atoms with Crippen LogP contribution >= 0.6 is 11.6 Å². The van der Waals surface area contributed by atoms with Gasteiger partial charge in [-0.3, -0.25) is 4.79 Å². The van der Waals surface area contributed by atoms with E-state index in [-0.39, 0.29) is 11.7 Å². The number of piperidine rings is 1. The molecule has 5 heteroatoms. The zero-order valence-electron chi connectivity index (χ0n) is 13.2. The van der Waals surface area contributed by atoms with Crippen LogP contribution in [0.15, 0.2) is 18.2 Å². The summed E-state index contributed by atoms with van der Waals surface area (Å²) < 4.78 is 13.9.